The fourth-order valence-corrected chi connectivity index (χ4v) is 7.48. The summed E-state index contributed by atoms with van der Waals surface area (Å²) in [4.78, 5) is 17.9. The molecule has 0 unspecified atom stereocenters. The van der Waals surface area contributed by atoms with Crippen LogP contribution in [0.15, 0.2) is 17.0 Å². The van der Waals surface area contributed by atoms with E-state index in [1.54, 1.807) is 40.1 Å². The quantitative estimate of drug-likeness (QED) is 0.467. The van der Waals surface area contributed by atoms with Crippen LogP contribution in [0, 0.1) is 19.8 Å². The third kappa shape index (κ3) is 8.15. The first-order valence-electron chi connectivity index (χ1n) is 13.8. The van der Waals surface area contributed by atoms with Crippen LogP contribution in [0.3, 0.4) is 0 Å². The lowest BCUT2D eigenvalue weighted by Gasteiger charge is -2.41. The Labute approximate surface area is 224 Å². The van der Waals surface area contributed by atoms with E-state index in [-0.39, 0.29) is 29.8 Å². The Kier molecular flexibility index (Phi) is 10.8. The highest BCUT2D eigenvalue weighted by atomic mass is 32.2. The third-order valence-electron chi connectivity index (χ3n) is 8.20. The Hall–Kier alpha value is -1.68. The summed E-state index contributed by atoms with van der Waals surface area (Å²) in [5.41, 5.74) is 1.28. The summed E-state index contributed by atoms with van der Waals surface area (Å²) in [5, 5.41) is 3.16. The van der Waals surface area contributed by atoms with Gasteiger partial charge in [-0.3, -0.25) is 4.79 Å². The fraction of sp³-hybridized carbons (Fsp3) is 0.750. The number of methoxy groups -OCH3 is 1. The lowest BCUT2D eigenvalue weighted by atomic mass is 9.87. The maximum atomic E-state index is 13.2. The van der Waals surface area contributed by atoms with Crippen molar-refractivity contribution in [2.75, 3.05) is 54.4 Å². The number of benzene rings is 1. The van der Waals surface area contributed by atoms with Crippen LogP contribution in [-0.2, 0) is 14.8 Å². The van der Waals surface area contributed by atoms with Gasteiger partial charge in [0, 0.05) is 32.1 Å². The number of ether oxygens (including phenoxy) is 1. The van der Waals surface area contributed by atoms with Gasteiger partial charge < -0.3 is 19.9 Å². The number of nitrogens with zero attached hydrogens (tertiary/aromatic N) is 3. The van der Waals surface area contributed by atoms with Gasteiger partial charge >= 0.3 is 0 Å². The van der Waals surface area contributed by atoms with E-state index in [2.05, 4.69) is 29.2 Å². The van der Waals surface area contributed by atoms with Crippen LogP contribution in [0.5, 0.6) is 5.75 Å². The SMILES string of the molecule is COc1cc(C)c(S(=O)(=O)N(C)CCC(=O)NC2CCC(N3CCC(CCN(C)C)CC3)CC2)c(C)c1. The zero-order valence-electron chi connectivity index (χ0n) is 23.8. The molecule has 1 heterocycles. The van der Waals surface area contributed by atoms with Crippen molar-refractivity contribution in [2.24, 2.45) is 5.92 Å². The summed E-state index contributed by atoms with van der Waals surface area (Å²) >= 11 is 0. The van der Waals surface area contributed by atoms with E-state index in [9.17, 15) is 13.2 Å². The average Bonchev–Trinajstić information content (AvgIpc) is 2.86. The Morgan fingerprint density at radius 1 is 1.00 bits per heavy atom. The molecule has 1 aromatic carbocycles. The number of hydrogen-bond acceptors (Lipinski definition) is 6. The number of sulfonamides is 1. The standard InChI is InChI=1S/C28H48N4O4S/c1-21-19-26(36-6)20-22(2)28(21)37(34,35)31(5)16-14-27(33)29-24-7-9-25(10-8-24)32-17-12-23(13-18-32)11-15-30(3)4/h19-20,23-25H,7-18H2,1-6H3,(H,29,33). The highest BCUT2D eigenvalue weighted by molar-refractivity contribution is 7.89. The smallest absolute Gasteiger partial charge is 0.243 e. The molecule has 1 amide bonds. The molecular weight excluding hydrogens is 488 g/mol. The minimum atomic E-state index is -3.70. The van der Waals surface area contributed by atoms with Crippen molar-refractivity contribution in [1.82, 2.24) is 19.4 Å². The molecule has 0 aromatic heterocycles. The number of amides is 1. The number of rotatable bonds is 11. The van der Waals surface area contributed by atoms with Gasteiger partial charge in [-0.1, -0.05) is 0 Å². The molecule has 8 nitrogen and oxygen atoms in total. The Balaban J connectivity index is 1.41. The minimum Gasteiger partial charge on any atom is -0.497 e. The molecule has 210 valence electrons. The minimum absolute atomic E-state index is 0.0737. The molecule has 1 saturated heterocycles. The van der Waals surface area contributed by atoms with E-state index >= 15 is 0 Å². The van der Waals surface area contributed by atoms with E-state index in [4.69, 9.17) is 4.74 Å². The second-order valence-electron chi connectivity index (χ2n) is 11.3. The van der Waals surface area contributed by atoms with E-state index in [0.717, 1.165) is 31.6 Å². The highest BCUT2D eigenvalue weighted by Crippen LogP contribution is 2.29. The lowest BCUT2D eigenvalue weighted by Crippen LogP contribution is -2.47. The van der Waals surface area contributed by atoms with Gasteiger partial charge in [-0.05, 0) is 122 Å². The number of hydrogen-bond donors (Lipinski definition) is 1. The van der Waals surface area contributed by atoms with Gasteiger partial charge in [-0.25, -0.2) is 12.7 Å². The maximum Gasteiger partial charge on any atom is 0.243 e. The zero-order chi connectivity index (χ0) is 27.2. The Bertz CT molecular complexity index is 974. The zero-order valence-corrected chi connectivity index (χ0v) is 24.6. The Morgan fingerprint density at radius 3 is 2.14 bits per heavy atom. The second kappa shape index (κ2) is 13.4. The molecule has 2 aliphatic rings. The number of nitrogens with one attached hydrogen (secondary N) is 1. The second-order valence-corrected chi connectivity index (χ2v) is 13.3. The number of piperidine rings is 1. The van der Waals surface area contributed by atoms with Crippen molar-refractivity contribution in [3.05, 3.63) is 23.3 Å². The molecule has 37 heavy (non-hydrogen) atoms. The summed E-state index contributed by atoms with van der Waals surface area (Å²) in [7, 11) is 3.71. The van der Waals surface area contributed by atoms with Crippen molar-refractivity contribution in [2.45, 2.75) is 82.2 Å². The monoisotopic (exact) mass is 536 g/mol. The number of likely N-dealkylation sites (tertiary alicyclic amines) is 1. The topological polar surface area (TPSA) is 82.2 Å². The molecule has 3 rings (SSSR count). The molecular formula is C28H48N4O4S. The van der Waals surface area contributed by atoms with E-state index in [0.29, 0.717) is 22.9 Å². The molecule has 0 atom stereocenters. The van der Waals surface area contributed by atoms with Crippen LogP contribution in [0.25, 0.3) is 0 Å². The molecule has 9 heteroatoms. The van der Waals surface area contributed by atoms with Gasteiger partial charge in [0.25, 0.3) is 0 Å². The number of aryl methyl sites for hydroxylation is 2. The molecule has 0 radical (unpaired) electrons. The van der Waals surface area contributed by atoms with Gasteiger partial charge in [0.05, 0.1) is 12.0 Å². The van der Waals surface area contributed by atoms with E-state index in [1.807, 2.05) is 0 Å². The first-order chi connectivity index (χ1) is 17.5. The van der Waals surface area contributed by atoms with Crippen molar-refractivity contribution in [3.8, 4) is 5.75 Å². The largest absolute Gasteiger partial charge is 0.497 e. The number of carbonyl (C=O) groups is 1. The van der Waals surface area contributed by atoms with Crippen molar-refractivity contribution >= 4 is 15.9 Å². The summed E-state index contributed by atoms with van der Waals surface area (Å²) in [6.45, 7) is 7.27. The molecule has 0 bridgehead atoms. The third-order valence-corrected chi connectivity index (χ3v) is 10.4. The molecule has 1 aliphatic carbocycles. The average molecular weight is 537 g/mol. The molecule has 0 spiro atoms. The lowest BCUT2D eigenvalue weighted by molar-refractivity contribution is -0.122. The van der Waals surface area contributed by atoms with Gasteiger partial charge in [-0.15, -0.1) is 0 Å². The van der Waals surface area contributed by atoms with Crippen molar-refractivity contribution in [3.63, 3.8) is 0 Å². The molecule has 1 N–H and O–H groups in total. The highest BCUT2D eigenvalue weighted by Gasteiger charge is 2.30. The van der Waals surface area contributed by atoms with Crippen LogP contribution < -0.4 is 10.1 Å². The number of carbonyl (C=O) groups excluding carboxylic acids is 1. The molecule has 1 aliphatic heterocycles. The van der Waals surface area contributed by atoms with Crippen LogP contribution in [-0.4, -0.2) is 94.9 Å². The summed E-state index contributed by atoms with van der Waals surface area (Å²) < 4.78 is 32.9. The van der Waals surface area contributed by atoms with E-state index in [1.165, 1.54) is 43.2 Å². The normalized spacial score (nSPS) is 21.9. The summed E-state index contributed by atoms with van der Waals surface area (Å²) in [6, 6.07) is 4.28. The van der Waals surface area contributed by atoms with Crippen LogP contribution in [0.2, 0.25) is 0 Å². The fourth-order valence-electron chi connectivity index (χ4n) is 5.90. The summed E-state index contributed by atoms with van der Waals surface area (Å²) in [6.07, 6.45) is 8.30. The van der Waals surface area contributed by atoms with Gasteiger partial charge in [-0.2, -0.15) is 0 Å². The molecule has 2 fully saturated rings. The first-order valence-corrected chi connectivity index (χ1v) is 15.2. The van der Waals surface area contributed by atoms with Gasteiger partial charge in [0.15, 0.2) is 0 Å². The van der Waals surface area contributed by atoms with Crippen molar-refractivity contribution in [1.29, 1.82) is 0 Å². The van der Waals surface area contributed by atoms with Crippen molar-refractivity contribution < 1.29 is 17.9 Å². The predicted molar refractivity (Wildman–Crippen MR) is 149 cm³/mol. The van der Waals surface area contributed by atoms with Crippen LogP contribution in [0.4, 0.5) is 0 Å². The maximum absolute atomic E-state index is 13.2. The molecule has 1 saturated carbocycles. The Morgan fingerprint density at radius 2 is 1.59 bits per heavy atom. The van der Waals surface area contributed by atoms with Crippen LogP contribution in [0.1, 0.15) is 62.5 Å². The van der Waals surface area contributed by atoms with E-state index < -0.39 is 10.0 Å². The molecule has 1 aromatic rings. The predicted octanol–water partition coefficient (Wildman–Crippen LogP) is 3.41. The van der Waals surface area contributed by atoms with Crippen LogP contribution >= 0.6 is 0 Å². The first kappa shape index (κ1) is 29.9. The summed E-state index contributed by atoms with van der Waals surface area (Å²) in [5.74, 6) is 1.42. The van der Waals surface area contributed by atoms with Gasteiger partial charge in [0.1, 0.15) is 5.75 Å². The van der Waals surface area contributed by atoms with Gasteiger partial charge in [0.2, 0.25) is 15.9 Å².